The van der Waals surface area contributed by atoms with Crippen LogP contribution in [0.15, 0.2) is 28.8 Å². The molecule has 0 unspecified atom stereocenters. The summed E-state index contributed by atoms with van der Waals surface area (Å²) >= 11 is 1.69. The maximum atomic E-state index is 4.61. The van der Waals surface area contributed by atoms with E-state index in [9.17, 15) is 0 Å². The molecule has 0 atom stereocenters. The third-order valence-electron chi connectivity index (χ3n) is 3.21. The van der Waals surface area contributed by atoms with E-state index >= 15 is 0 Å². The molecule has 2 aromatic heterocycles. The third kappa shape index (κ3) is 6.86. The summed E-state index contributed by atoms with van der Waals surface area (Å²) in [5.41, 5.74) is 1.16. The summed E-state index contributed by atoms with van der Waals surface area (Å²) in [6, 6.07) is 1.94. The number of rotatable bonds is 7. The average Bonchev–Trinajstić information content (AvgIpc) is 3.18. The van der Waals surface area contributed by atoms with Crippen LogP contribution in [0.2, 0.25) is 0 Å². The Balaban J connectivity index is 0.00000264. The van der Waals surface area contributed by atoms with Gasteiger partial charge in [0.1, 0.15) is 5.01 Å². The quantitative estimate of drug-likeness (QED) is 0.296. The molecule has 0 saturated heterocycles. The molecule has 8 heteroatoms. The van der Waals surface area contributed by atoms with Gasteiger partial charge in [0, 0.05) is 37.9 Å². The molecule has 2 aromatic rings. The molecule has 6 nitrogen and oxygen atoms in total. The van der Waals surface area contributed by atoms with Gasteiger partial charge in [-0.2, -0.15) is 5.10 Å². The Hall–Kier alpha value is -1.16. The number of hydrogen-bond acceptors (Lipinski definition) is 4. The number of nitrogens with one attached hydrogen (secondary N) is 2. The van der Waals surface area contributed by atoms with Crippen LogP contribution < -0.4 is 10.6 Å². The van der Waals surface area contributed by atoms with E-state index in [0.29, 0.717) is 12.5 Å². The average molecular weight is 448 g/mol. The van der Waals surface area contributed by atoms with E-state index in [-0.39, 0.29) is 24.0 Å². The standard InChI is InChI=1S/C15H24N6S.HI/c1-12(2)13-11-22-14(20-13)10-18-15(16-3)17-6-4-8-21-9-5-7-19-21;/h5,7,9,11-12H,4,6,8,10H2,1-3H3,(H2,16,17,18);1H. The second-order valence-electron chi connectivity index (χ2n) is 5.30. The number of guanidine groups is 1. The number of aliphatic imine (C=N–C) groups is 1. The molecule has 0 saturated carbocycles. The summed E-state index contributed by atoms with van der Waals surface area (Å²) in [4.78, 5) is 8.84. The van der Waals surface area contributed by atoms with E-state index in [4.69, 9.17) is 0 Å². The SMILES string of the molecule is CN=C(NCCCn1cccn1)NCc1nc(C(C)C)cs1.I. The van der Waals surface area contributed by atoms with Gasteiger partial charge in [0.15, 0.2) is 5.96 Å². The summed E-state index contributed by atoms with van der Waals surface area (Å²) in [6.45, 7) is 6.78. The highest BCUT2D eigenvalue weighted by Crippen LogP contribution is 2.17. The molecule has 0 aliphatic rings. The third-order valence-corrected chi connectivity index (χ3v) is 4.07. The lowest BCUT2D eigenvalue weighted by atomic mass is 10.2. The molecule has 0 aliphatic heterocycles. The smallest absolute Gasteiger partial charge is 0.191 e. The molecule has 0 spiro atoms. The maximum Gasteiger partial charge on any atom is 0.191 e. The molecular formula is C15H25IN6S. The number of halogens is 1. The van der Waals surface area contributed by atoms with Gasteiger partial charge in [-0.1, -0.05) is 13.8 Å². The lowest BCUT2D eigenvalue weighted by molar-refractivity contribution is 0.570. The van der Waals surface area contributed by atoms with Crippen molar-refractivity contribution in [3.05, 3.63) is 34.5 Å². The first-order valence-corrected chi connectivity index (χ1v) is 8.43. The Bertz CT molecular complexity index is 579. The first-order chi connectivity index (χ1) is 10.7. The second kappa shape index (κ2) is 10.6. The van der Waals surface area contributed by atoms with Crippen molar-refractivity contribution in [2.75, 3.05) is 13.6 Å². The lowest BCUT2D eigenvalue weighted by Crippen LogP contribution is -2.37. The van der Waals surface area contributed by atoms with Crippen LogP contribution in [0.3, 0.4) is 0 Å². The van der Waals surface area contributed by atoms with E-state index in [2.05, 4.69) is 44.9 Å². The van der Waals surface area contributed by atoms with Gasteiger partial charge in [-0.15, -0.1) is 35.3 Å². The van der Waals surface area contributed by atoms with Crippen LogP contribution in [0.1, 0.15) is 36.9 Å². The van der Waals surface area contributed by atoms with Crippen molar-refractivity contribution in [1.82, 2.24) is 25.4 Å². The zero-order chi connectivity index (χ0) is 15.8. The predicted octanol–water partition coefficient (Wildman–Crippen LogP) is 2.84. The molecular weight excluding hydrogens is 423 g/mol. The number of aromatic nitrogens is 3. The van der Waals surface area contributed by atoms with Gasteiger partial charge in [-0.25, -0.2) is 4.98 Å². The molecule has 2 N–H and O–H groups in total. The minimum absolute atomic E-state index is 0. The Kier molecular flexibility index (Phi) is 9.15. The summed E-state index contributed by atoms with van der Waals surface area (Å²) in [5, 5.41) is 14.0. The first-order valence-electron chi connectivity index (χ1n) is 7.55. The Morgan fingerprint density at radius 3 is 2.83 bits per heavy atom. The minimum Gasteiger partial charge on any atom is -0.356 e. The van der Waals surface area contributed by atoms with Crippen molar-refractivity contribution in [1.29, 1.82) is 0 Å². The van der Waals surface area contributed by atoms with Gasteiger partial charge in [0.25, 0.3) is 0 Å². The minimum atomic E-state index is 0. The molecule has 0 amide bonds. The molecule has 23 heavy (non-hydrogen) atoms. The summed E-state index contributed by atoms with van der Waals surface area (Å²) in [6.07, 6.45) is 4.77. The molecule has 0 fully saturated rings. The van der Waals surface area contributed by atoms with Gasteiger partial charge >= 0.3 is 0 Å². The van der Waals surface area contributed by atoms with E-state index in [1.807, 2.05) is 16.9 Å². The van der Waals surface area contributed by atoms with Crippen LogP contribution in [0.4, 0.5) is 0 Å². The molecule has 0 bridgehead atoms. The van der Waals surface area contributed by atoms with Crippen LogP contribution in [-0.2, 0) is 13.1 Å². The highest BCUT2D eigenvalue weighted by molar-refractivity contribution is 14.0. The largest absolute Gasteiger partial charge is 0.356 e. The zero-order valence-electron chi connectivity index (χ0n) is 13.8. The van der Waals surface area contributed by atoms with Gasteiger partial charge in [0.05, 0.1) is 12.2 Å². The topological polar surface area (TPSA) is 67.1 Å². The number of thiazole rings is 1. The van der Waals surface area contributed by atoms with Crippen LogP contribution in [0.5, 0.6) is 0 Å². The fraction of sp³-hybridized carbons (Fsp3) is 0.533. The monoisotopic (exact) mass is 448 g/mol. The van der Waals surface area contributed by atoms with Crippen molar-refractivity contribution in [3.63, 3.8) is 0 Å². The fourth-order valence-corrected chi connectivity index (χ4v) is 2.83. The predicted molar refractivity (Wildman–Crippen MR) is 107 cm³/mol. The van der Waals surface area contributed by atoms with Gasteiger partial charge in [-0.3, -0.25) is 9.67 Å². The maximum absolute atomic E-state index is 4.61. The Morgan fingerprint density at radius 2 is 2.22 bits per heavy atom. The number of aryl methyl sites for hydroxylation is 1. The fourth-order valence-electron chi connectivity index (χ4n) is 1.93. The highest BCUT2D eigenvalue weighted by atomic mass is 127. The van der Waals surface area contributed by atoms with E-state index in [1.165, 1.54) is 0 Å². The molecule has 0 aromatic carbocycles. The number of hydrogen-bond donors (Lipinski definition) is 2. The molecule has 0 radical (unpaired) electrons. The van der Waals surface area contributed by atoms with Crippen molar-refractivity contribution in [3.8, 4) is 0 Å². The van der Waals surface area contributed by atoms with Crippen LogP contribution in [-0.4, -0.2) is 34.3 Å². The summed E-state index contributed by atoms with van der Waals surface area (Å²) < 4.78 is 1.93. The Morgan fingerprint density at radius 1 is 1.39 bits per heavy atom. The lowest BCUT2D eigenvalue weighted by Gasteiger charge is -2.10. The van der Waals surface area contributed by atoms with Crippen molar-refractivity contribution in [2.45, 2.75) is 39.3 Å². The summed E-state index contributed by atoms with van der Waals surface area (Å²) in [5.74, 6) is 1.28. The zero-order valence-corrected chi connectivity index (χ0v) is 17.0. The number of nitrogens with zero attached hydrogens (tertiary/aromatic N) is 4. The van der Waals surface area contributed by atoms with Gasteiger partial charge in [-0.05, 0) is 18.4 Å². The van der Waals surface area contributed by atoms with Gasteiger partial charge in [0.2, 0.25) is 0 Å². The molecule has 2 heterocycles. The highest BCUT2D eigenvalue weighted by Gasteiger charge is 2.06. The first kappa shape index (κ1) is 19.9. The molecule has 0 aliphatic carbocycles. The van der Waals surface area contributed by atoms with Crippen LogP contribution in [0, 0.1) is 0 Å². The van der Waals surface area contributed by atoms with E-state index in [0.717, 1.165) is 36.2 Å². The van der Waals surface area contributed by atoms with Gasteiger partial charge < -0.3 is 10.6 Å². The van der Waals surface area contributed by atoms with E-state index in [1.54, 1.807) is 24.6 Å². The normalized spacial score (nSPS) is 11.4. The van der Waals surface area contributed by atoms with Crippen LogP contribution in [0.25, 0.3) is 0 Å². The second-order valence-corrected chi connectivity index (χ2v) is 6.24. The van der Waals surface area contributed by atoms with Crippen molar-refractivity contribution >= 4 is 41.3 Å². The van der Waals surface area contributed by atoms with Crippen LogP contribution >= 0.6 is 35.3 Å². The van der Waals surface area contributed by atoms with Crippen molar-refractivity contribution < 1.29 is 0 Å². The molecule has 128 valence electrons. The summed E-state index contributed by atoms with van der Waals surface area (Å²) in [7, 11) is 1.78. The van der Waals surface area contributed by atoms with E-state index < -0.39 is 0 Å². The molecule has 2 rings (SSSR count). The van der Waals surface area contributed by atoms with Crippen molar-refractivity contribution in [2.24, 2.45) is 4.99 Å². The Labute approximate surface area is 158 Å².